The zero-order chi connectivity index (χ0) is 21.4. The minimum Gasteiger partial charge on any atom is -0.399 e. The normalized spacial score (nSPS) is 10.8. The van der Waals surface area contributed by atoms with Crippen molar-refractivity contribution in [1.29, 1.82) is 0 Å². The summed E-state index contributed by atoms with van der Waals surface area (Å²) in [6, 6.07) is 15.4. The first-order chi connectivity index (χ1) is 14.3. The Labute approximate surface area is 172 Å². The molecule has 4 aromatic rings. The zero-order valence-electron chi connectivity index (χ0n) is 16.0. The Morgan fingerprint density at radius 1 is 0.333 bits per heavy atom. The number of anilines is 6. The molecule has 0 saturated carbocycles. The van der Waals surface area contributed by atoms with Gasteiger partial charge in [-0.15, -0.1) is 0 Å². The molecule has 0 atom stereocenters. The second-order valence-electron chi connectivity index (χ2n) is 6.97. The predicted octanol–water partition coefficient (Wildman–Crippen LogP) is 2.37. The number of hydrogen-bond donors (Lipinski definition) is 6. The number of aromatic nitrogens is 3. The molecule has 150 valence electrons. The molecule has 0 aliphatic rings. The van der Waals surface area contributed by atoms with E-state index in [9.17, 15) is 0 Å². The van der Waals surface area contributed by atoms with Crippen LogP contribution in [0.2, 0.25) is 0 Å². The summed E-state index contributed by atoms with van der Waals surface area (Å²) < 4.78 is 0. The van der Waals surface area contributed by atoms with Crippen molar-refractivity contribution in [2.24, 2.45) is 0 Å². The lowest BCUT2D eigenvalue weighted by Crippen LogP contribution is -2.03. The van der Waals surface area contributed by atoms with Gasteiger partial charge in [0.15, 0.2) is 17.5 Å². The fourth-order valence-electron chi connectivity index (χ4n) is 3.18. The molecule has 0 saturated heterocycles. The summed E-state index contributed by atoms with van der Waals surface area (Å²) in [5.41, 5.74) is 40.6. The first kappa shape index (κ1) is 18.8. The molecule has 9 nitrogen and oxygen atoms in total. The molecule has 30 heavy (non-hydrogen) atoms. The van der Waals surface area contributed by atoms with Gasteiger partial charge in [0, 0.05) is 50.8 Å². The molecule has 0 bridgehead atoms. The van der Waals surface area contributed by atoms with Crippen molar-refractivity contribution in [2.45, 2.75) is 0 Å². The molecular weight excluding hydrogens is 378 g/mol. The van der Waals surface area contributed by atoms with Crippen LogP contribution in [0.4, 0.5) is 34.1 Å². The number of benzene rings is 3. The van der Waals surface area contributed by atoms with Crippen molar-refractivity contribution < 1.29 is 0 Å². The topological polar surface area (TPSA) is 195 Å². The zero-order valence-corrected chi connectivity index (χ0v) is 16.0. The van der Waals surface area contributed by atoms with Gasteiger partial charge in [0.1, 0.15) is 0 Å². The van der Waals surface area contributed by atoms with Gasteiger partial charge in [-0.2, -0.15) is 0 Å². The molecule has 4 rings (SSSR count). The molecule has 0 spiro atoms. The summed E-state index contributed by atoms with van der Waals surface area (Å²) in [7, 11) is 0. The number of rotatable bonds is 3. The highest BCUT2D eigenvalue weighted by atomic mass is 15.0. The number of nitrogens with zero attached hydrogens (tertiary/aromatic N) is 3. The highest BCUT2D eigenvalue weighted by Gasteiger charge is 2.14. The predicted molar refractivity (Wildman–Crippen MR) is 123 cm³/mol. The molecule has 1 aromatic heterocycles. The van der Waals surface area contributed by atoms with E-state index in [1.54, 1.807) is 54.6 Å². The Balaban J connectivity index is 1.98. The molecule has 0 unspecified atom stereocenters. The third-order valence-electron chi connectivity index (χ3n) is 4.34. The van der Waals surface area contributed by atoms with E-state index in [1.807, 2.05) is 0 Å². The Kier molecular flexibility index (Phi) is 4.47. The number of nitrogens with two attached hydrogens (primary N) is 6. The molecule has 0 radical (unpaired) electrons. The highest BCUT2D eigenvalue weighted by molar-refractivity contribution is 5.75. The monoisotopic (exact) mass is 399 g/mol. The summed E-state index contributed by atoms with van der Waals surface area (Å²) in [5.74, 6) is 1.16. The van der Waals surface area contributed by atoms with Crippen LogP contribution in [0.15, 0.2) is 54.6 Å². The second-order valence-corrected chi connectivity index (χ2v) is 6.97. The van der Waals surface area contributed by atoms with Gasteiger partial charge >= 0.3 is 0 Å². The quantitative estimate of drug-likeness (QED) is 0.280. The SMILES string of the molecule is Nc1cc(N)cc(-c2nc(-c3cc(N)cc(N)c3)nc(-c3cc(N)cc(N)c3)n2)c1. The van der Waals surface area contributed by atoms with E-state index in [1.165, 1.54) is 0 Å². The van der Waals surface area contributed by atoms with E-state index in [0.717, 1.165) is 0 Å². The van der Waals surface area contributed by atoms with Gasteiger partial charge in [-0.05, 0) is 54.6 Å². The molecular formula is C21H21N9. The van der Waals surface area contributed by atoms with Crippen LogP contribution >= 0.6 is 0 Å². The minimum atomic E-state index is 0.385. The van der Waals surface area contributed by atoms with E-state index in [-0.39, 0.29) is 0 Å². The Morgan fingerprint density at radius 2 is 0.533 bits per heavy atom. The van der Waals surface area contributed by atoms with Gasteiger partial charge in [-0.3, -0.25) is 0 Å². The van der Waals surface area contributed by atoms with Crippen LogP contribution in [0, 0.1) is 0 Å². The van der Waals surface area contributed by atoms with E-state index >= 15 is 0 Å². The van der Waals surface area contributed by atoms with Gasteiger partial charge in [0.2, 0.25) is 0 Å². The van der Waals surface area contributed by atoms with Gasteiger partial charge < -0.3 is 34.4 Å². The average Bonchev–Trinajstić information content (AvgIpc) is 2.65. The van der Waals surface area contributed by atoms with Crippen LogP contribution in [0.5, 0.6) is 0 Å². The van der Waals surface area contributed by atoms with Crippen LogP contribution in [-0.4, -0.2) is 15.0 Å². The smallest absolute Gasteiger partial charge is 0.164 e. The lowest BCUT2D eigenvalue weighted by Gasteiger charge is -2.11. The maximum absolute atomic E-state index is 5.96. The molecule has 9 heteroatoms. The average molecular weight is 399 g/mol. The molecule has 0 aliphatic carbocycles. The largest absolute Gasteiger partial charge is 0.399 e. The third kappa shape index (κ3) is 3.85. The van der Waals surface area contributed by atoms with E-state index in [2.05, 4.69) is 15.0 Å². The summed E-state index contributed by atoms with van der Waals surface area (Å²) in [5, 5.41) is 0. The molecule has 1 heterocycles. The molecule has 0 amide bonds. The summed E-state index contributed by atoms with van der Waals surface area (Å²) in [6.45, 7) is 0. The maximum Gasteiger partial charge on any atom is 0.164 e. The summed E-state index contributed by atoms with van der Waals surface area (Å²) >= 11 is 0. The van der Waals surface area contributed by atoms with Gasteiger partial charge in [0.05, 0.1) is 0 Å². The second kappa shape index (κ2) is 7.13. The van der Waals surface area contributed by atoms with E-state index in [4.69, 9.17) is 34.4 Å². The molecule has 0 aliphatic heterocycles. The van der Waals surface area contributed by atoms with Crippen molar-refractivity contribution in [2.75, 3.05) is 34.4 Å². The van der Waals surface area contributed by atoms with Crippen molar-refractivity contribution in [1.82, 2.24) is 15.0 Å². The van der Waals surface area contributed by atoms with Crippen molar-refractivity contribution in [3.8, 4) is 34.2 Å². The Hall–Kier alpha value is -4.53. The lowest BCUT2D eigenvalue weighted by molar-refractivity contribution is 1.07. The van der Waals surface area contributed by atoms with Crippen LogP contribution < -0.4 is 34.4 Å². The van der Waals surface area contributed by atoms with Gasteiger partial charge in [-0.1, -0.05) is 0 Å². The number of nitrogen functional groups attached to an aromatic ring is 6. The molecule has 0 fully saturated rings. The highest BCUT2D eigenvalue weighted by Crippen LogP contribution is 2.30. The fraction of sp³-hybridized carbons (Fsp3) is 0. The third-order valence-corrected chi connectivity index (χ3v) is 4.34. The number of hydrogen-bond acceptors (Lipinski definition) is 9. The fourth-order valence-corrected chi connectivity index (χ4v) is 3.18. The maximum atomic E-state index is 5.96. The van der Waals surface area contributed by atoms with Crippen molar-refractivity contribution in [3.05, 3.63) is 54.6 Å². The minimum absolute atomic E-state index is 0.385. The first-order valence-corrected chi connectivity index (χ1v) is 9.02. The Morgan fingerprint density at radius 3 is 0.733 bits per heavy atom. The van der Waals surface area contributed by atoms with E-state index < -0.39 is 0 Å². The molecule has 3 aromatic carbocycles. The van der Waals surface area contributed by atoms with Gasteiger partial charge in [0.25, 0.3) is 0 Å². The van der Waals surface area contributed by atoms with Crippen LogP contribution in [-0.2, 0) is 0 Å². The van der Waals surface area contributed by atoms with Gasteiger partial charge in [-0.25, -0.2) is 15.0 Å². The standard InChI is InChI=1S/C21H21N9/c22-13-1-10(2-14(23)7-13)19-28-20(11-3-15(24)8-16(25)4-11)30-21(29-19)12-5-17(26)9-18(27)6-12/h1-9H,22-27H2. The van der Waals surface area contributed by atoms with E-state index in [0.29, 0.717) is 68.3 Å². The summed E-state index contributed by atoms with van der Waals surface area (Å²) in [4.78, 5) is 13.8. The Bertz CT molecular complexity index is 1040. The van der Waals surface area contributed by atoms with Crippen molar-refractivity contribution >= 4 is 34.1 Å². The summed E-state index contributed by atoms with van der Waals surface area (Å²) in [6.07, 6.45) is 0. The lowest BCUT2D eigenvalue weighted by atomic mass is 10.1. The van der Waals surface area contributed by atoms with Crippen LogP contribution in [0.1, 0.15) is 0 Å². The van der Waals surface area contributed by atoms with Crippen LogP contribution in [0.3, 0.4) is 0 Å². The first-order valence-electron chi connectivity index (χ1n) is 9.02. The van der Waals surface area contributed by atoms with Crippen LogP contribution in [0.25, 0.3) is 34.2 Å². The van der Waals surface area contributed by atoms with Crippen molar-refractivity contribution in [3.63, 3.8) is 0 Å². The molecule has 12 N–H and O–H groups in total.